The van der Waals surface area contributed by atoms with Crippen molar-refractivity contribution >= 4 is 11.8 Å². The van der Waals surface area contributed by atoms with Crippen LogP contribution in [0.1, 0.15) is 10.4 Å². The lowest BCUT2D eigenvalue weighted by Gasteiger charge is -2.36. The first-order valence-corrected chi connectivity index (χ1v) is 6.67. The van der Waals surface area contributed by atoms with Crippen molar-refractivity contribution < 1.29 is 19.8 Å². The van der Waals surface area contributed by atoms with E-state index in [9.17, 15) is 19.8 Å². The molecule has 2 amide bonds. The maximum Gasteiger partial charge on any atom is 0.262 e. The number of hydrogen-bond donors (Lipinski definition) is 3. The standard InChI is InChI=1S/C14H19N3O4/c1-16(2)13(20)9-8-15-6-7-17(9)14(21)12-10(18)4-3-5-11(12)19/h3-5,9,15,18-19H,6-8H2,1-2H3. The van der Waals surface area contributed by atoms with Gasteiger partial charge in [0.1, 0.15) is 23.1 Å². The Balaban J connectivity index is 2.33. The molecule has 1 aromatic carbocycles. The Kier molecular flexibility index (Phi) is 4.32. The quantitative estimate of drug-likeness (QED) is 0.690. The molecule has 2 rings (SSSR count). The number of benzene rings is 1. The van der Waals surface area contributed by atoms with E-state index < -0.39 is 11.9 Å². The number of hydrogen-bond acceptors (Lipinski definition) is 5. The highest BCUT2D eigenvalue weighted by Gasteiger charge is 2.35. The van der Waals surface area contributed by atoms with E-state index in [0.29, 0.717) is 19.6 Å². The molecule has 0 bridgehead atoms. The van der Waals surface area contributed by atoms with Crippen molar-refractivity contribution in [2.75, 3.05) is 33.7 Å². The van der Waals surface area contributed by atoms with E-state index in [1.54, 1.807) is 14.1 Å². The summed E-state index contributed by atoms with van der Waals surface area (Å²) < 4.78 is 0. The molecule has 21 heavy (non-hydrogen) atoms. The number of nitrogens with zero attached hydrogens (tertiary/aromatic N) is 2. The third-order valence-corrected chi connectivity index (χ3v) is 3.46. The molecule has 0 saturated carbocycles. The number of carbonyl (C=O) groups is 2. The van der Waals surface area contributed by atoms with Crippen molar-refractivity contribution in [1.82, 2.24) is 15.1 Å². The van der Waals surface area contributed by atoms with Crippen molar-refractivity contribution in [1.29, 1.82) is 0 Å². The zero-order chi connectivity index (χ0) is 15.6. The molecular weight excluding hydrogens is 274 g/mol. The highest BCUT2D eigenvalue weighted by molar-refractivity contribution is 6.01. The van der Waals surface area contributed by atoms with Gasteiger partial charge in [-0.05, 0) is 12.1 Å². The van der Waals surface area contributed by atoms with Gasteiger partial charge in [-0.2, -0.15) is 0 Å². The summed E-state index contributed by atoms with van der Waals surface area (Å²) in [6.45, 7) is 1.23. The van der Waals surface area contributed by atoms with Crippen LogP contribution in [0.25, 0.3) is 0 Å². The molecule has 0 spiro atoms. The average Bonchev–Trinajstić information content (AvgIpc) is 2.46. The number of piperazine rings is 1. The van der Waals surface area contributed by atoms with Gasteiger partial charge in [0.2, 0.25) is 5.91 Å². The lowest BCUT2D eigenvalue weighted by atomic mass is 10.1. The van der Waals surface area contributed by atoms with E-state index in [1.807, 2.05) is 0 Å². The summed E-state index contributed by atoms with van der Waals surface area (Å²) >= 11 is 0. The number of amides is 2. The smallest absolute Gasteiger partial charge is 0.262 e. The van der Waals surface area contributed by atoms with E-state index >= 15 is 0 Å². The third kappa shape index (κ3) is 2.92. The molecular formula is C14H19N3O4. The Morgan fingerprint density at radius 2 is 1.90 bits per heavy atom. The maximum absolute atomic E-state index is 12.6. The minimum absolute atomic E-state index is 0.170. The molecule has 114 valence electrons. The zero-order valence-electron chi connectivity index (χ0n) is 12.0. The van der Waals surface area contributed by atoms with Crippen LogP contribution in [-0.4, -0.2) is 71.6 Å². The minimum atomic E-state index is -0.653. The molecule has 1 aromatic rings. The summed E-state index contributed by atoms with van der Waals surface area (Å²) in [5.74, 6) is -1.35. The molecule has 7 heteroatoms. The Morgan fingerprint density at radius 1 is 1.29 bits per heavy atom. The van der Waals surface area contributed by atoms with Crippen LogP contribution in [0.5, 0.6) is 11.5 Å². The highest BCUT2D eigenvalue weighted by atomic mass is 16.3. The van der Waals surface area contributed by atoms with E-state index in [1.165, 1.54) is 28.0 Å². The molecule has 1 heterocycles. The summed E-state index contributed by atoms with van der Waals surface area (Å²) in [6, 6.07) is 3.46. The van der Waals surface area contributed by atoms with Crippen LogP contribution in [0, 0.1) is 0 Å². The highest BCUT2D eigenvalue weighted by Crippen LogP contribution is 2.28. The molecule has 1 aliphatic rings. The summed E-state index contributed by atoms with van der Waals surface area (Å²) in [5.41, 5.74) is -0.170. The lowest BCUT2D eigenvalue weighted by molar-refractivity contribution is -0.134. The van der Waals surface area contributed by atoms with E-state index in [4.69, 9.17) is 0 Å². The Bertz CT molecular complexity index is 539. The number of carbonyl (C=O) groups excluding carboxylic acids is 2. The Morgan fingerprint density at radius 3 is 2.48 bits per heavy atom. The zero-order valence-corrected chi connectivity index (χ0v) is 12.0. The molecule has 0 aromatic heterocycles. The molecule has 3 N–H and O–H groups in total. The van der Waals surface area contributed by atoms with Crippen molar-refractivity contribution in [2.45, 2.75) is 6.04 Å². The lowest BCUT2D eigenvalue weighted by Crippen LogP contribution is -2.59. The Hall–Kier alpha value is -2.28. The normalized spacial score (nSPS) is 18.4. The van der Waals surface area contributed by atoms with Gasteiger partial charge in [-0.25, -0.2) is 0 Å². The van der Waals surface area contributed by atoms with Gasteiger partial charge >= 0.3 is 0 Å². The van der Waals surface area contributed by atoms with Crippen LogP contribution in [0.4, 0.5) is 0 Å². The second kappa shape index (κ2) is 6.01. The minimum Gasteiger partial charge on any atom is -0.507 e. The maximum atomic E-state index is 12.6. The second-order valence-corrected chi connectivity index (χ2v) is 5.12. The van der Waals surface area contributed by atoms with Gasteiger partial charge in [0.15, 0.2) is 0 Å². The summed E-state index contributed by atoms with van der Waals surface area (Å²) in [6.07, 6.45) is 0. The summed E-state index contributed by atoms with van der Waals surface area (Å²) in [4.78, 5) is 27.6. The predicted molar refractivity (Wildman–Crippen MR) is 76.2 cm³/mol. The van der Waals surface area contributed by atoms with Crippen LogP contribution in [0.3, 0.4) is 0 Å². The average molecular weight is 293 g/mol. The summed E-state index contributed by atoms with van der Waals surface area (Å²) in [7, 11) is 3.24. The third-order valence-electron chi connectivity index (χ3n) is 3.46. The first-order valence-electron chi connectivity index (χ1n) is 6.67. The Labute approximate surface area is 122 Å². The van der Waals surface area contributed by atoms with Gasteiger partial charge in [0.05, 0.1) is 0 Å². The molecule has 0 radical (unpaired) electrons. The number of nitrogens with one attached hydrogen (secondary N) is 1. The van der Waals surface area contributed by atoms with E-state index in [0.717, 1.165) is 0 Å². The first-order chi connectivity index (χ1) is 9.93. The van der Waals surface area contributed by atoms with Crippen LogP contribution in [0.2, 0.25) is 0 Å². The number of rotatable bonds is 2. The van der Waals surface area contributed by atoms with Crippen LogP contribution >= 0.6 is 0 Å². The molecule has 1 fully saturated rings. The van der Waals surface area contributed by atoms with Crippen LogP contribution in [0.15, 0.2) is 18.2 Å². The molecule has 1 saturated heterocycles. The molecule has 1 aliphatic heterocycles. The van der Waals surface area contributed by atoms with Crippen molar-refractivity contribution in [2.24, 2.45) is 0 Å². The first kappa shape index (κ1) is 15.1. The number of likely N-dealkylation sites (N-methyl/N-ethyl adjacent to an activating group) is 1. The van der Waals surface area contributed by atoms with Gasteiger partial charge < -0.3 is 25.3 Å². The monoisotopic (exact) mass is 293 g/mol. The summed E-state index contributed by atoms with van der Waals surface area (Å²) in [5, 5.41) is 22.7. The van der Waals surface area contributed by atoms with Crippen LogP contribution in [-0.2, 0) is 4.79 Å². The molecule has 7 nitrogen and oxygen atoms in total. The second-order valence-electron chi connectivity index (χ2n) is 5.12. The van der Waals surface area contributed by atoms with E-state index in [-0.39, 0.29) is 23.0 Å². The number of phenolic OH excluding ortho intramolecular Hbond substituents is 2. The largest absolute Gasteiger partial charge is 0.507 e. The molecule has 1 unspecified atom stereocenters. The van der Waals surface area contributed by atoms with Crippen molar-refractivity contribution in [3.8, 4) is 11.5 Å². The van der Waals surface area contributed by atoms with Gasteiger partial charge in [-0.3, -0.25) is 9.59 Å². The fourth-order valence-corrected chi connectivity index (χ4v) is 2.36. The SMILES string of the molecule is CN(C)C(=O)C1CNCCN1C(=O)c1c(O)cccc1O. The number of aromatic hydroxyl groups is 2. The van der Waals surface area contributed by atoms with Gasteiger partial charge in [0.25, 0.3) is 5.91 Å². The fraction of sp³-hybridized carbons (Fsp3) is 0.429. The van der Waals surface area contributed by atoms with E-state index in [2.05, 4.69) is 5.32 Å². The molecule has 1 atom stereocenters. The molecule has 0 aliphatic carbocycles. The van der Waals surface area contributed by atoms with Gasteiger partial charge in [-0.15, -0.1) is 0 Å². The topological polar surface area (TPSA) is 93.1 Å². The van der Waals surface area contributed by atoms with Crippen molar-refractivity contribution in [3.63, 3.8) is 0 Å². The predicted octanol–water partition coefficient (Wildman–Crippen LogP) is -0.400. The fourth-order valence-electron chi connectivity index (χ4n) is 2.36. The van der Waals surface area contributed by atoms with Gasteiger partial charge in [-0.1, -0.05) is 6.07 Å². The number of phenols is 2. The van der Waals surface area contributed by atoms with Crippen molar-refractivity contribution in [3.05, 3.63) is 23.8 Å². The van der Waals surface area contributed by atoms with Gasteiger partial charge in [0, 0.05) is 33.7 Å². The van der Waals surface area contributed by atoms with Crippen LogP contribution < -0.4 is 5.32 Å².